The molecular weight excluding hydrogens is 270 g/mol. The molecule has 1 fully saturated rings. The minimum atomic E-state index is -0.704. The predicted molar refractivity (Wildman–Crippen MR) is 79.8 cm³/mol. The molecule has 1 heterocycles. The maximum absolute atomic E-state index is 11.2. The molecule has 0 aromatic heterocycles. The number of carboxylic acids is 1. The molecule has 2 atom stereocenters. The number of carbonyl (C=O) groups is 1. The molecule has 21 heavy (non-hydrogen) atoms. The van der Waals surface area contributed by atoms with E-state index in [0.29, 0.717) is 19.1 Å². The number of benzene rings is 1. The lowest BCUT2D eigenvalue weighted by Crippen LogP contribution is -2.43. The van der Waals surface area contributed by atoms with Crippen molar-refractivity contribution >= 4 is 5.97 Å². The van der Waals surface area contributed by atoms with Crippen LogP contribution in [-0.4, -0.2) is 42.8 Å². The van der Waals surface area contributed by atoms with Gasteiger partial charge < -0.3 is 14.6 Å². The maximum Gasteiger partial charge on any atom is 0.307 e. The van der Waals surface area contributed by atoms with Crippen molar-refractivity contribution in [3.8, 4) is 11.5 Å². The fraction of sp³-hybridized carbons (Fsp3) is 0.562. The number of hydrogen-bond donors (Lipinski definition) is 1. The summed E-state index contributed by atoms with van der Waals surface area (Å²) in [5.74, 6) is 0.605. The lowest BCUT2D eigenvalue weighted by molar-refractivity contribution is -0.144. The summed E-state index contributed by atoms with van der Waals surface area (Å²) < 4.78 is 10.7. The molecular formula is C16H23NO4. The molecule has 1 N–H and O–H groups in total. The molecule has 5 heteroatoms. The smallest absolute Gasteiger partial charge is 0.307 e. The molecule has 0 aliphatic carbocycles. The standard InChI is InChI=1S/C16H23NO4/c1-11-4-5-12(16(18)19)9-17(11)10-13-8-14(20-2)6-7-15(13)21-3/h6-8,11-12H,4-5,9-10H2,1-3H3,(H,18,19). The van der Waals surface area contributed by atoms with Gasteiger partial charge in [0.1, 0.15) is 11.5 Å². The van der Waals surface area contributed by atoms with Crippen molar-refractivity contribution < 1.29 is 19.4 Å². The van der Waals surface area contributed by atoms with Crippen molar-refractivity contribution in [1.29, 1.82) is 0 Å². The van der Waals surface area contributed by atoms with E-state index in [1.807, 2.05) is 18.2 Å². The third-order valence-electron chi connectivity index (χ3n) is 4.22. The third kappa shape index (κ3) is 3.67. The molecule has 116 valence electrons. The van der Waals surface area contributed by atoms with Crippen LogP contribution in [0.15, 0.2) is 18.2 Å². The van der Waals surface area contributed by atoms with Gasteiger partial charge in [0, 0.05) is 24.7 Å². The Hall–Kier alpha value is -1.75. The van der Waals surface area contributed by atoms with Crippen molar-refractivity contribution in [3.63, 3.8) is 0 Å². The molecule has 0 spiro atoms. The molecule has 2 rings (SSSR count). The second-order valence-electron chi connectivity index (χ2n) is 5.57. The minimum absolute atomic E-state index is 0.280. The summed E-state index contributed by atoms with van der Waals surface area (Å²) in [6.45, 7) is 3.40. The third-order valence-corrected chi connectivity index (χ3v) is 4.22. The van der Waals surface area contributed by atoms with Crippen molar-refractivity contribution in [2.24, 2.45) is 5.92 Å². The molecule has 1 saturated heterocycles. The highest BCUT2D eigenvalue weighted by atomic mass is 16.5. The number of aliphatic carboxylic acids is 1. The zero-order valence-electron chi connectivity index (χ0n) is 12.8. The Bertz CT molecular complexity index is 503. The first-order chi connectivity index (χ1) is 10.0. The number of hydrogen-bond acceptors (Lipinski definition) is 4. The van der Waals surface area contributed by atoms with E-state index in [0.717, 1.165) is 29.9 Å². The van der Waals surface area contributed by atoms with Gasteiger partial charge in [0.2, 0.25) is 0 Å². The van der Waals surface area contributed by atoms with Gasteiger partial charge in [-0.05, 0) is 38.0 Å². The molecule has 1 aliphatic rings. The van der Waals surface area contributed by atoms with E-state index in [1.54, 1.807) is 14.2 Å². The average molecular weight is 293 g/mol. The highest BCUT2D eigenvalue weighted by Crippen LogP contribution is 2.29. The average Bonchev–Trinajstić information content (AvgIpc) is 2.49. The first kappa shape index (κ1) is 15.6. The van der Waals surface area contributed by atoms with Crippen LogP contribution >= 0.6 is 0 Å². The van der Waals surface area contributed by atoms with E-state index in [1.165, 1.54) is 0 Å². The molecule has 1 aromatic rings. The molecule has 5 nitrogen and oxygen atoms in total. The van der Waals surface area contributed by atoms with Crippen LogP contribution < -0.4 is 9.47 Å². The van der Waals surface area contributed by atoms with Crippen LogP contribution in [0, 0.1) is 5.92 Å². The summed E-state index contributed by atoms with van der Waals surface area (Å²) in [5, 5.41) is 9.22. The summed E-state index contributed by atoms with van der Waals surface area (Å²) in [7, 11) is 3.28. The lowest BCUT2D eigenvalue weighted by atomic mass is 9.93. The SMILES string of the molecule is COc1ccc(OC)c(CN2CC(C(=O)O)CCC2C)c1. The Morgan fingerprint density at radius 3 is 2.71 bits per heavy atom. The largest absolute Gasteiger partial charge is 0.497 e. The number of methoxy groups -OCH3 is 2. The summed E-state index contributed by atoms with van der Waals surface area (Å²) >= 11 is 0. The fourth-order valence-corrected chi connectivity index (χ4v) is 2.83. The van der Waals surface area contributed by atoms with Crippen molar-refractivity contribution in [2.75, 3.05) is 20.8 Å². The van der Waals surface area contributed by atoms with Crippen LogP contribution in [-0.2, 0) is 11.3 Å². The zero-order chi connectivity index (χ0) is 15.4. The number of nitrogens with zero attached hydrogens (tertiary/aromatic N) is 1. The second kappa shape index (κ2) is 6.80. The van der Waals surface area contributed by atoms with Crippen LogP contribution in [0.4, 0.5) is 0 Å². The number of piperidine rings is 1. The Labute approximate surface area is 125 Å². The topological polar surface area (TPSA) is 59.0 Å². The van der Waals surface area contributed by atoms with E-state index in [2.05, 4.69) is 11.8 Å². The Morgan fingerprint density at radius 2 is 2.10 bits per heavy atom. The second-order valence-corrected chi connectivity index (χ2v) is 5.57. The minimum Gasteiger partial charge on any atom is -0.497 e. The van der Waals surface area contributed by atoms with Crippen LogP contribution in [0.3, 0.4) is 0 Å². The molecule has 1 aromatic carbocycles. The monoisotopic (exact) mass is 293 g/mol. The lowest BCUT2D eigenvalue weighted by Gasteiger charge is -2.36. The number of likely N-dealkylation sites (tertiary alicyclic amines) is 1. The van der Waals surface area contributed by atoms with Crippen LogP contribution in [0.25, 0.3) is 0 Å². The van der Waals surface area contributed by atoms with Crippen LogP contribution in [0.5, 0.6) is 11.5 Å². The Balaban J connectivity index is 2.17. The number of carboxylic acid groups (broad SMARTS) is 1. The first-order valence-electron chi connectivity index (χ1n) is 7.23. The van der Waals surface area contributed by atoms with Crippen molar-refractivity contribution in [2.45, 2.75) is 32.4 Å². The van der Waals surface area contributed by atoms with E-state index < -0.39 is 5.97 Å². The highest BCUT2D eigenvalue weighted by Gasteiger charge is 2.30. The van der Waals surface area contributed by atoms with Crippen molar-refractivity contribution in [3.05, 3.63) is 23.8 Å². The van der Waals surface area contributed by atoms with Gasteiger partial charge in [0.15, 0.2) is 0 Å². The maximum atomic E-state index is 11.2. The Kier molecular flexibility index (Phi) is 5.07. The normalized spacial score (nSPS) is 22.8. The van der Waals surface area contributed by atoms with E-state index in [4.69, 9.17) is 9.47 Å². The molecule has 1 aliphatic heterocycles. The summed E-state index contributed by atoms with van der Waals surface area (Å²) in [6.07, 6.45) is 1.66. The van der Waals surface area contributed by atoms with Gasteiger partial charge in [-0.3, -0.25) is 9.69 Å². The van der Waals surface area contributed by atoms with Gasteiger partial charge in [0.05, 0.1) is 20.1 Å². The van der Waals surface area contributed by atoms with Gasteiger partial charge in [0.25, 0.3) is 0 Å². The molecule has 0 amide bonds. The summed E-state index contributed by atoms with van der Waals surface area (Å²) in [6, 6.07) is 6.08. The molecule has 0 bridgehead atoms. The predicted octanol–water partition coefficient (Wildman–Crippen LogP) is 2.39. The van der Waals surface area contributed by atoms with Gasteiger partial charge in [-0.2, -0.15) is 0 Å². The van der Waals surface area contributed by atoms with Gasteiger partial charge >= 0.3 is 5.97 Å². The summed E-state index contributed by atoms with van der Waals surface area (Å²) in [4.78, 5) is 13.4. The molecule has 0 saturated carbocycles. The zero-order valence-corrected chi connectivity index (χ0v) is 12.8. The van der Waals surface area contributed by atoms with Crippen molar-refractivity contribution in [1.82, 2.24) is 4.90 Å². The fourth-order valence-electron chi connectivity index (χ4n) is 2.83. The van der Waals surface area contributed by atoms with E-state index >= 15 is 0 Å². The van der Waals surface area contributed by atoms with Gasteiger partial charge in [-0.15, -0.1) is 0 Å². The van der Waals surface area contributed by atoms with E-state index in [-0.39, 0.29) is 5.92 Å². The Morgan fingerprint density at radius 1 is 1.33 bits per heavy atom. The summed E-state index contributed by atoms with van der Waals surface area (Å²) in [5.41, 5.74) is 1.02. The number of rotatable bonds is 5. The first-order valence-corrected chi connectivity index (χ1v) is 7.23. The molecule has 2 unspecified atom stereocenters. The van der Waals surface area contributed by atoms with Gasteiger partial charge in [-0.1, -0.05) is 0 Å². The van der Waals surface area contributed by atoms with Crippen LogP contribution in [0.2, 0.25) is 0 Å². The van der Waals surface area contributed by atoms with Crippen LogP contribution in [0.1, 0.15) is 25.3 Å². The quantitative estimate of drug-likeness (QED) is 0.903. The van der Waals surface area contributed by atoms with E-state index in [9.17, 15) is 9.90 Å². The number of ether oxygens (including phenoxy) is 2. The molecule has 0 radical (unpaired) electrons. The highest BCUT2D eigenvalue weighted by molar-refractivity contribution is 5.70. The van der Waals surface area contributed by atoms with Gasteiger partial charge in [-0.25, -0.2) is 0 Å².